The summed E-state index contributed by atoms with van der Waals surface area (Å²) in [4.78, 5) is 12.0. The predicted molar refractivity (Wildman–Crippen MR) is 60.9 cm³/mol. The fourth-order valence-corrected chi connectivity index (χ4v) is 1.54. The first-order valence-corrected chi connectivity index (χ1v) is 5.02. The summed E-state index contributed by atoms with van der Waals surface area (Å²) >= 11 is 0. The van der Waals surface area contributed by atoms with Crippen LogP contribution in [0, 0.1) is 0 Å². The minimum absolute atomic E-state index is 0.112. The third-order valence-corrected chi connectivity index (χ3v) is 2.43. The van der Waals surface area contributed by atoms with Gasteiger partial charge in [-0.05, 0) is 5.56 Å². The number of hydrogen-bond donors (Lipinski definition) is 1. The van der Waals surface area contributed by atoms with E-state index < -0.39 is 6.04 Å². The molecule has 0 radical (unpaired) electrons. The lowest BCUT2D eigenvalue weighted by Gasteiger charge is -2.08. The van der Waals surface area contributed by atoms with Crippen LogP contribution in [-0.4, -0.2) is 15.6 Å². The fraction of sp³-hybridized carbons (Fsp3) is 0.167. The first-order valence-electron chi connectivity index (χ1n) is 5.02. The smallest absolute Gasteiger partial charge is 0.187 e. The Bertz CT molecular complexity index is 490. The number of aryl methyl sites for hydroxylation is 1. The van der Waals surface area contributed by atoms with Gasteiger partial charge in [0.05, 0.1) is 17.8 Å². The van der Waals surface area contributed by atoms with E-state index in [9.17, 15) is 4.79 Å². The van der Waals surface area contributed by atoms with Crippen molar-refractivity contribution in [2.75, 3.05) is 0 Å². The molecule has 4 nitrogen and oxygen atoms in total. The van der Waals surface area contributed by atoms with Gasteiger partial charge in [-0.25, -0.2) is 0 Å². The molecule has 0 saturated carbocycles. The van der Waals surface area contributed by atoms with Gasteiger partial charge in [-0.15, -0.1) is 0 Å². The topological polar surface area (TPSA) is 60.9 Å². The molecule has 1 atom stereocenters. The van der Waals surface area contributed by atoms with Gasteiger partial charge in [-0.3, -0.25) is 9.48 Å². The largest absolute Gasteiger partial charge is 0.318 e. The number of Topliss-reactive ketones (excluding diaryl/α,β-unsaturated/α-hetero) is 1. The number of nitrogens with zero attached hydrogens (tertiary/aromatic N) is 2. The Balaban J connectivity index is 2.23. The number of nitrogens with two attached hydrogens (primary N) is 1. The van der Waals surface area contributed by atoms with Gasteiger partial charge in [0.2, 0.25) is 0 Å². The van der Waals surface area contributed by atoms with E-state index in [0.29, 0.717) is 5.56 Å². The van der Waals surface area contributed by atoms with Crippen LogP contribution in [0.15, 0.2) is 42.7 Å². The second-order valence-corrected chi connectivity index (χ2v) is 3.66. The van der Waals surface area contributed by atoms with Crippen LogP contribution >= 0.6 is 0 Å². The zero-order chi connectivity index (χ0) is 11.5. The SMILES string of the molecule is Cn1cc(C(=O)[C@H](N)c2ccccc2)cn1. The number of carbonyl (C=O) groups is 1. The molecule has 1 aromatic heterocycles. The van der Waals surface area contributed by atoms with Gasteiger partial charge in [-0.1, -0.05) is 30.3 Å². The maximum absolute atomic E-state index is 12.0. The van der Waals surface area contributed by atoms with Crippen LogP contribution in [0.3, 0.4) is 0 Å². The van der Waals surface area contributed by atoms with Crippen LogP contribution < -0.4 is 5.73 Å². The average molecular weight is 215 g/mol. The second-order valence-electron chi connectivity index (χ2n) is 3.66. The Morgan fingerprint density at radius 2 is 2.06 bits per heavy atom. The van der Waals surface area contributed by atoms with Gasteiger partial charge in [0.15, 0.2) is 5.78 Å². The van der Waals surface area contributed by atoms with Gasteiger partial charge in [-0.2, -0.15) is 5.10 Å². The number of carbonyl (C=O) groups excluding carboxylic acids is 1. The summed E-state index contributed by atoms with van der Waals surface area (Å²) in [5.74, 6) is -0.112. The maximum atomic E-state index is 12.0. The molecular weight excluding hydrogens is 202 g/mol. The predicted octanol–water partition coefficient (Wildman–Crippen LogP) is 1.30. The Labute approximate surface area is 93.7 Å². The number of hydrogen-bond acceptors (Lipinski definition) is 3. The number of aromatic nitrogens is 2. The van der Waals surface area contributed by atoms with E-state index in [0.717, 1.165) is 5.56 Å². The summed E-state index contributed by atoms with van der Waals surface area (Å²) in [5.41, 5.74) is 7.25. The van der Waals surface area contributed by atoms with Crippen LogP contribution in [-0.2, 0) is 7.05 Å². The zero-order valence-corrected chi connectivity index (χ0v) is 9.00. The first kappa shape index (κ1) is 10.6. The lowest BCUT2D eigenvalue weighted by Crippen LogP contribution is -2.21. The summed E-state index contributed by atoms with van der Waals surface area (Å²) in [5, 5.41) is 3.95. The molecule has 82 valence electrons. The van der Waals surface area contributed by atoms with Crippen LogP contribution in [0.4, 0.5) is 0 Å². The normalized spacial score (nSPS) is 12.4. The quantitative estimate of drug-likeness (QED) is 0.785. The third kappa shape index (κ3) is 2.01. The van der Waals surface area contributed by atoms with Gasteiger partial charge < -0.3 is 5.73 Å². The molecule has 0 aliphatic rings. The van der Waals surface area contributed by atoms with Crippen molar-refractivity contribution in [3.8, 4) is 0 Å². The highest BCUT2D eigenvalue weighted by atomic mass is 16.1. The molecule has 0 aliphatic carbocycles. The van der Waals surface area contributed by atoms with Crippen molar-refractivity contribution in [3.63, 3.8) is 0 Å². The number of ketones is 1. The van der Waals surface area contributed by atoms with Gasteiger partial charge >= 0.3 is 0 Å². The molecule has 1 aromatic carbocycles. The molecule has 0 bridgehead atoms. The van der Waals surface area contributed by atoms with E-state index in [2.05, 4.69) is 5.10 Å². The van der Waals surface area contributed by atoms with Gasteiger partial charge in [0.1, 0.15) is 0 Å². The van der Waals surface area contributed by atoms with Crippen molar-refractivity contribution in [1.29, 1.82) is 0 Å². The van der Waals surface area contributed by atoms with E-state index in [-0.39, 0.29) is 5.78 Å². The molecule has 2 aromatic rings. The van der Waals surface area contributed by atoms with Crippen LogP contribution in [0.2, 0.25) is 0 Å². The van der Waals surface area contributed by atoms with E-state index >= 15 is 0 Å². The molecule has 0 amide bonds. The minimum Gasteiger partial charge on any atom is -0.318 e. The highest BCUT2D eigenvalue weighted by molar-refractivity contribution is 6.00. The van der Waals surface area contributed by atoms with E-state index in [4.69, 9.17) is 5.73 Å². The standard InChI is InChI=1S/C12H13N3O/c1-15-8-10(7-14-15)12(16)11(13)9-5-3-2-4-6-9/h2-8,11H,13H2,1H3/t11-/m1/s1. The van der Waals surface area contributed by atoms with E-state index in [1.807, 2.05) is 30.3 Å². The Hall–Kier alpha value is -1.94. The molecule has 1 heterocycles. The fourth-order valence-electron chi connectivity index (χ4n) is 1.54. The zero-order valence-electron chi connectivity index (χ0n) is 9.00. The highest BCUT2D eigenvalue weighted by Gasteiger charge is 2.18. The molecule has 2 rings (SSSR count). The van der Waals surface area contributed by atoms with Crippen LogP contribution in [0.1, 0.15) is 22.0 Å². The highest BCUT2D eigenvalue weighted by Crippen LogP contribution is 2.15. The summed E-state index contributed by atoms with van der Waals surface area (Å²) in [7, 11) is 1.77. The molecular formula is C12H13N3O. The Morgan fingerprint density at radius 3 is 2.62 bits per heavy atom. The van der Waals surface area contributed by atoms with Crippen molar-refractivity contribution in [2.24, 2.45) is 12.8 Å². The minimum atomic E-state index is -0.620. The summed E-state index contributed by atoms with van der Waals surface area (Å²) in [6, 6.07) is 8.70. The van der Waals surface area contributed by atoms with E-state index in [1.165, 1.54) is 6.20 Å². The summed E-state index contributed by atoms with van der Waals surface area (Å²) in [6.07, 6.45) is 3.20. The summed E-state index contributed by atoms with van der Waals surface area (Å²) in [6.45, 7) is 0. The lowest BCUT2D eigenvalue weighted by atomic mass is 10.0. The third-order valence-electron chi connectivity index (χ3n) is 2.43. The first-order chi connectivity index (χ1) is 7.68. The van der Waals surface area contributed by atoms with Gasteiger partial charge in [0.25, 0.3) is 0 Å². The van der Waals surface area contributed by atoms with Crippen molar-refractivity contribution in [1.82, 2.24) is 9.78 Å². The molecule has 0 fully saturated rings. The second kappa shape index (κ2) is 4.28. The van der Waals surface area contributed by atoms with Crippen LogP contribution in [0.25, 0.3) is 0 Å². The molecule has 16 heavy (non-hydrogen) atoms. The molecule has 0 spiro atoms. The lowest BCUT2D eigenvalue weighted by molar-refractivity contribution is 0.0961. The van der Waals surface area contributed by atoms with Crippen molar-refractivity contribution in [2.45, 2.75) is 6.04 Å². The van der Waals surface area contributed by atoms with Crippen LogP contribution in [0.5, 0.6) is 0 Å². The molecule has 0 aliphatic heterocycles. The van der Waals surface area contributed by atoms with Gasteiger partial charge in [0, 0.05) is 13.2 Å². The number of rotatable bonds is 3. The van der Waals surface area contributed by atoms with Crippen molar-refractivity contribution >= 4 is 5.78 Å². The molecule has 0 unspecified atom stereocenters. The molecule has 4 heteroatoms. The Kier molecular flexibility index (Phi) is 2.83. The monoisotopic (exact) mass is 215 g/mol. The van der Waals surface area contributed by atoms with E-state index in [1.54, 1.807) is 17.9 Å². The number of benzene rings is 1. The average Bonchev–Trinajstić information content (AvgIpc) is 2.75. The van der Waals surface area contributed by atoms with Crippen molar-refractivity contribution in [3.05, 3.63) is 53.9 Å². The molecule has 2 N–H and O–H groups in total. The molecule has 0 saturated heterocycles. The Morgan fingerprint density at radius 1 is 1.38 bits per heavy atom. The maximum Gasteiger partial charge on any atom is 0.187 e. The summed E-state index contributed by atoms with van der Waals surface area (Å²) < 4.78 is 1.59. The van der Waals surface area contributed by atoms with Crippen molar-refractivity contribution < 1.29 is 4.79 Å².